The number of nitrogens with zero attached hydrogens (tertiary/aromatic N) is 1. The van der Waals surface area contributed by atoms with Crippen molar-refractivity contribution in [2.45, 2.75) is 45.6 Å². The Morgan fingerprint density at radius 1 is 1.45 bits per heavy atom. The summed E-state index contributed by atoms with van der Waals surface area (Å²) < 4.78 is 13.2. The van der Waals surface area contributed by atoms with Crippen LogP contribution in [0.3, 0.4) is 0 Å². The molecule has 1 aromatic rings. The molecule has 4 heteroatoms. The molecule has 3 nitrogen and oxygen atoms in total. The number of likely N-dealkylation sites (tertiary alicyclic amines) is 1. The zero-order valence-electron chi connectivity index (χ0n) is 13.5. The summed E-state index contributed by atoms with van der Waals surface area (Å²) in [5, 5.41) is 9.72. The second-order valence-electron chi connectivity index (χ2n) is 6.50. The smallest absolute Gasteiger partial charge is 0.225 e. The van der Waals surface area contributed by atoms with Crippen LogP contribution in [-0.4, -0.2) is 35.1 Å². The highest BCUT2D eigenvalue weighted by molar-refractivity contribution is 5.78. The van der Waals surface area contributed by atoms with Crippen LogP contribution in [0.25, 0.3) is 0 Å². The molecule has 0 aromatic heterocycles. The van der Waals surface area contributed by atoms with Crippen molar-refractivity contribution in [1.82, 2.24) is 4.90 Å². The van der Waals surface area contributed by atoms with Crippen LogP contribution < -0.4 is 0 Å². The third-order valence-electron chi connectivity index (χ3n) is 4.63. The van der Waals surface area contributed by atoms with Gasteiger partial charge in [-0.1, -0.05) is 19.1 Å². The lowest BCUT2D eigenvalue weighted by Crippen LogP contribution is -2.45. The first-order valence-electron chi connectivity index (χ1n) is 8.18. The van der Waals surface area contributed by atoms with Crippen LogP contribution in [0.1, 0.15) is 38.7 Å². The highest BCUT2D eigenvalue weighted by atomic mass is 19.1. The van der Waals surface area contributed by atoms with Crippen molar-refractivity contribution in [2.75, 3.05) is 13.1 Å². The average Bonchev–Trinajstić information content (AvgIpc) is 2.52. The molecule has 1 fully saturated rings. The minimum absolute atomic E-state index is 0.0731. The molecule has 1 aromatic carbocycles. The van der Waals surface area contributed by atoms with Gasteiger partial charge in [0.1, 0.15) is 5.82 Å². The summed E-state index contributed by atoms with van der Waals surface area (Å²) in [6.45, 7) is 5.17. The van der Waals surface area contributed by atoms with Crippen LogP contribution >= 0.6 is 0 Å². The monoisotopic (exact) mass is 307 g/mol. The summed E-state index contributed by atoms with van der Waals surface area (Å²) >= 11 is 0. The van der Waals surface area contributed by atoms with Crippen molar-refractivity contribution in [3.8, 4) is 0 Å². The SMILES string of the molecule is CC(CCc1cccc(F)c1)C(=O)N1CCCC(C(C)O)C1. The first-order chi connectivity index (χ1) is 10.5. The number of carbonyl (C=O) groups is 1. The van der Waals surface area contributed by atoms with E-state index in [4.69, 9.17) is 0 Å². The summed E-state index contributed by atoms with van der Waals surface area (Å²) in [5.74, 6) is 0.0400. The molecule has 1 amide bonds. The van der Waals surface area contributed by atoms with Crippen LogP contribution in [0.2, 0.25) is 0 Å². The van der Waals surface area contributed by atoms with E-state index in [2.05, 4.69) is 0 Å². The molecule has 0 spiro atoms. The van der Waals surface area contributed by atoms with Gasteiger partial charge in [0.2, 0.25) is 5.91 Å². The summed E-state index contributed by atoms with van der Waals surface area (Å²) in [4.78, 5) is 14.4. The molecule has 1 aliphatic rings. The van der Waals surface area contributed by atoms with Crippen LogP contribution in [0, 0.1) is 17.7 Å². The lowest BCUT2D eigenvalue weighted by molar-refractivity contribution is -0.137. The Kier molecular flexibility index (Phi) is 5.95. The molecule has 1 saturated heterocycles. The second kappa shape index (κ2) is 7.73. The van der Waals surface area contributed by atoms with Gasteiger partial charge in [0.15, 0.2) is 0 Å². The van der Waals surface area contributed by atoms with Gasteiger partial charge in [0, 0.05) is 24.9 Å². The Bertz CT molecular complexity index is 504. The fourth-order valence-electron chi connectivity index (χ4n) is 3.11. The maximum Gasteiger partial charge on any atom is 0.225 e. The quantitative estimate of drug-likeness (QED) is 0.908. The number of hydrogen-bond acceptors (Lipinski definition) is 2. The van der Waals surface area contributed by atoms with E-state index >= 15 is 0 Å². The largest absolute Gasteiger partial charge is 0.393 e. The molecule has 22 heavy (non-hydrogen) atoms. The Hall–Kier alpha value is -1.42. The molecule has 0 bridgehead atoms. The molecule has 122 valence electrons. The number of rotatable bonds is 5. The predicted molar refractivity (Wildman–Crippen MR) is 84.9 cm³/mol. The van der Waals surface area contributed by atoms with Crippen molar-refractivity contribution >= 4 is 5.91 Å². The molecule has 1 heterocycles. The number of aliphatic hydroxyl groups is 1. The van der Waals surface area contributed by atoms with Crippen LogP contribution in [0.15, 0.2) is 24.3 Å². The van der Waals surface area contributed by atoms with Gasteiger partial charge in [-0.25, -0.2) is 4.39 Å². The summed E-state index contributed by atoms with van der Waals surface area (Å²) in [7, 11) is 0. The topological polar surface area (TPSA) is 40.5 Å². The Labute approximate surface area is 132 Å². The summed E-state index contributed by atoms with van der Waals surface area (Å²) in [5.41, 5.74) is 0.931. The van der Waals surface area contributed by atoms with Gasteiger partial charge in [-0.2, -0.15) is 0 Å². The molecular weight excluding hydrogens is 281 g/mol. The molecule has 1 N–H and O–H groups in total. The predicted octanol–water partition coefficient (Wildman–Crippen LogP) is 3.01. The molecule has 0 saturated carbocycles. The van der Waals surface area contributed by atoms with E-state index in [1.807, 2.05) is 17.9 Å². The lowest BCUT2D eigenvalue weighted by atomic mass is 9.92. The molecule has 3 unspecified atom stereocenters. The van der Waals surface area contributed by atoms with E-state index in [1.54, 1.807) is 13.0 Å². The van der Waals surface area contributed by atoms with E-state index in [0.717, 1.165) is 31.4 Å². The fourth-order valence-corrected chi connectivity index (χ4v) is 3.11. The minimum atomic E-state index is -0.363. The number of aryl methyl sites for hydroxylation is 1. The van der Waals surface area contributed by atoms with Crippen molar-refractivity contribution < 1.29 is 14.3 Å². The number of hydrogen-bond donors (Lipinski definition) is 1. The average molecular weight is 307 g/mol. The van der Waals surface area contributed by atoms with Crippen molar-refractivity contribution in [1.29, 1.82) is 0 Å². The molecular formula is C18H26FNO2. The van der Waals surface area contributed by atoms with E-state index in [1.165, 1.54) is 12.1 Å². The third-order valence-corrected chi connectivity index (χ3v) is 4.63. The normalized spacial score (nSPS) is 21.5. The highest BCUT2D eigenvalue weighted by Gasteiger charge is 2.28. The van der Waals surface area contributed by atoms with Gasteiger partial charge in [0.05, 0.1) is 6.10 Å². The maximum atomic E-state index is 13.2. The van der Waals surface area contributed by atoms with Crippen LogP contribution in [0.5, 0.6) is 0 Å². The number of amides is 1. The number of benzene rings is 1. The van der Waals surface area contributed by atoms with Gasteiger partial charge in [-0.15, -0.1) is 0 Å². The third kappa shape index (κ3) is 4.54. The second-order valence-corrected chi connectivity index (χ2v) is 6.50. The first kappa shape index (κ1) is 16.9. The van der Waals surface area contributed by atoms with Crippen molar-refractivity contribution in [3.05, 3.63) is 35.6 Å². The highest BCUT2D eigenvalue weighted by Crippen LogP contribution is 2.22. The van der Waals surface area contributed by atoms with E-state index < -0.39 is 0 Å². The fraction of sp³-hybridized carbons (Fsp3) is 0.611. The molecule has 2 rings (SSSR count). The first-order valence-corrected chi connectivity index (χ1v) is 8.18. The summed E-state index contributed by atoms with van der Waals surface area (Å²) in [6, 6.07) is 6.56. The number of aliphatic hydroxyl groups excluding tert-OH is 1. The Morgan fingerprint density at radius 3 is 2.91 bits per heavy atom. The number of carbonyl (C=O) groups excluding carboxylic acids is 1. The maximum absolute atomic E-state index is 13.2. The Balaban J connectivity index is 1.86. The Morgan fingerprint density at radius 2 is 2.23 bits per heavy atom. The molecule has 3 atom stereocenters. The minimum Gasteiger partial charge on any atom is -0.393 e. The van der Waals surface area contributed by atoms with E-state index in [0.29, 0.717) is 13.0 Å². The lowest BCUT2D eigenvalue weighted by Gasteiger charge is -2.35. The van der Waals surface area contributed by atoms with E-state index in [-0.39, 0.29) is 29.7 Å². The molecule has 0 radical (unpaired) electrons. The van der Waals surface area contributed by atoms with Crippen LogP contribution in [-0.2, 0) is 11.2 Å². The van der Waals surface area contributed by atoms with Gasteiger partial charge in [0.25, 0.3) is 0 Å². The van der Waals surface area contributed by atoms with Gasteiger partial charge in [-0.05, 0) is 50.3 Å². The van der Waals surface area contributed by atoms with E-state index in [9.17, 15) is 14.3 Å². The standard InChI is InChI=1S/C18H26FNO2/c1-13(8-9-15-5-3-7-17(19)11-15)18(22)20-10-4-6-16(12-20)14(2)21/h3,5,7,11,13-14,16,21H,4,6,8-10,12H2,1-2H3. The summed E-state index contributed by atoms with van der Waals surface area (Å²) in [6.07, 6.45) is 3.01. The number of piperidine rings is 1. The zero-order valence-corrected chi connectivity index (χ0v) is 13.5. The van der Waals surface area contributed by atoms with Gasteiger partial charge >= 0.3 is 0 Å². The van der Waals surface area contributed by atoms with Crippen molar-refractivity contribution in [2.24, 2.45) is 11.8 Å². The van der Waals surface area contributed by atoms with Crippen molar-refractivity contribution in [3.63, 3.8) is 0 Å². The van der Waals surface area contributed by atoms with Crippen LogP contribution in [0.4, 0.5) is 4.39 Å². The molecule has 0 aliphatic carbocycles. The zero-order chi connectivity index (χ0) is 16.1. The molecule has 1 aliphatic heterocycles. The number of halogens is 1. The van der Waals surface area contributed by atoms with Gasteiger partial charge < -0.3 is 10.0 Å². The van der Waals surface area contributed by atoms with Gasteiger partial charge in [-0.3, -0.25) is 4.79 Å².